The third-order valence-electron chi connectivity index (χ3n) is 1.52. The van der Waals surface area contributed by atoms with Gasteiger partial charge in [0.05, 0.1) is 6.73 Å². The minimum atomic E-state index is -0.327. The van der Waals surface area contributed by atoms with E-state index < -0.39 is 0 Å². The van der Waals surface area contributed by atoms with Crippen LogP contribution in [0.3, 0.4) is 0 Å². The van der Waals surface area contributed by atoms with Gasteiger partial charge >= 0.3 is 0 Å². The molecule has 0 aliphatic heterocycles. The Labute approximate surface area is 91.5 Å². The quantitative estimate of drug-likeness (QED) is 0.585. The van der Waals surface area contributed by atoms with Crippen LogP contribution in [0.5, 0.6) is 0 Å². The van der Waals surface area contributed by atoms with Gasteiger partial charge in [0, 0.05) is 6.20 Å². The minimum absolute atomic E-state index is 0.327. The maximum atomic E-state index is 5.35. The largest absolute Gasteiger partial charge is 0.355 e. The second kappa shape index (κ2) is 7.00. The predicted octanol–water partition coefficient (Wildman–Crippen LogP) is 1.06. The number of hydrogen-bond donors (Lipinski definition) is 1. The Morgan fingerprint density at radius 1 is 1.57 bits per heavy atom. The predicted molar refractivity (Wildman–Crippen MR) is 61.7 cm³/mol. The van der Waals surface area contributed by atoms with Crippen molar-refractivity contribution in [1.29, 1.82) is 0 Å². The second-order valence-electron chi connectivity index (χ2n) is 2.58. The molecule has 1 unspecified atom stereocenters. The normalized spacial score (nSPS) is 12.6. The summed E-state index contributed by atoms with van der Waals surface area (Å²) in [5, 5.41) is 4.00. The van der Waals surface area contributed by atoms with Gasteiger partial charge in [-0.2, -0.15) is 0 Å². The first-order chi connectivity index (χ1) is 6.84. The molecule has 78 valence electrons. The summed E-state index contributed by atoms with van der Waals surface area (Å²) in [7, 11) is -0.327. The summed E-state index contributed by atoms with van der Waals surface area (Å²) in [6.45, 7) is 3.51. The Bertz CT molecular complexity index is 279. The molecule has 0 amide bonds. The van der Waals surface area contributed by atoms with Gasteiger partial charge in [-0.25, -0.2) is 4.98 Å². The first-order valence-corrected chi connectivity index (χ1v) is 6.74. The number of hydrogen-bond acceptors (Lipinski definition) is 4. The minimum Gasteiger partial charge on any atom is -0.355 e. The van der Waals surface area contributed by atoms with Crippen LogP contribution < -0.4 is 5.32 Å². The lowest BCUT2D eigenvalue weighted by Crippen LogP contribution is -2.18. The lowest BCUT2D eigenvalue weighted by molar-refractivity contribution is 0.162. The smallest absolute Gasteiger partial charge is 0.104 e. The molecule has 5 heteroatoms. The third-order valence-corrected chi connectivity index (χ3v) is 3.41. The van der Waals surface area contributed by atoms with Crippen molar-refractivity contribution >= 4 is 20.6 Å². The van der Waals surface area contributed by atoms with Crippen molar-refractivity contribution in [3.63, 3.8) is 0 Å². The lowest BCUT2D eigenvalue weighted by atomic mass is 10.5. The maximum absolute atomic E-state index is 5.35. The third kappa shape index (κ3) is 4.23. The van der Waals surface area contributed by atoms with E-state index in [0.29, 0.717) is 12.7 Å². The molecule has 14 heavy (non-hydrogen) atoms. The summed E-state index contributed by atoms with van der Waals surface area (Å²) in [5.74, 6) is 0.555. The number of ether oxygens (including phenoxy) is 1. The second-order valence-corrected chi connectivity index (χ2v) is 5.14. The summed E-state index contributed by atoms with van der Waals surface area (Å²) in [6.07, 6.45) is 1.76. The molecule has 0 aliphatic carbocycles. The van der Waals surface area contributed by atoms with Gasteiger partial charge in [-0.1, -0.05) is 13.0 Å². The molecule has 1 heterocycles. The molecule has 0 bridgehead atoms. The van der Waals surface area contributed by atoms with Crippen LogP contribution in [-0.4, -0.2) is 24.2 Å². The topological polar surface area (TPSA) is 34.1 Å². The number of nitrogens with one attached hydrogen (secondary N) is 1. The van der Waals surface area contributed by atoms with E-state index in [0.717, 1.165) is 11.6 Å². The van der Waals surface area contributed by atoms with Crippen molar-refractivity contribution in [2.45, 2.75) is 11.9 Å². The van der Waals surface area contributed by atoms with Crippen molar-refractivity contribution < 1.29 is 4.74 Å². The first-order valence-electron chi connectivity index (χ1n) is 4.42. The van der Waals surface area contributed by atoms with Crippen LogP contribution >= 0.6 is 0 Å². The molecule has 1 aromatic heterocycles. The van der Waals surface area contributed by atoms with Crippen molar-refractivity contribution in [3.8, 4) is 0 Å². The molecule has 1 rings (SSSR count). The van der Waals surface area contributed by atoms with Crippen LogP contribution in [0.1, 0.15) is 6.92 Å². The first kappa shape index (κ1) is 11.7. The molecule has 0 aromatic carbocycles. The van der Waals surface area contributed by atoms with Gasteiger partial charge in [0.2, 0.25) is 0 Å². The molecule has 1 aromatic rings. The van der Waals surface area contributed by atoms with Crippen LogP contribution in [0.2, 0.25) is 0 Å². The molecular weight excluding hydrogens is 216 g/mol. The SMILES string of the molecule is CCNCOCS(=S)c1ccccn1. The Morgan fingerprint density at radius 2 is 2.43 bits per heavy atom. The van der Waals surface area contributed by atoms with Crippen molar-refractivity contribution in [3.05, 3.63) is 24.4 Å². The fraction of sp³-hybridized carbons (Fsp3) is 0.444. The lowest BCUT2D eigenvalue weighted by Gasteiger charge is -2.06. The number of rotatable bonds is 6. The van der Waals surface area contributed by atoms with Gasteiger partial charge in [0.1, 0.15) is 11.0 Å². The molecule has 0 saturated heterocycles. The number of pyridine rings is 1. The molecule has 0 radical (unpaired) electrons. The van der Waals surface area contributed by atoms with E-state index in [2.05, 4.69) is 10.3 Å². The van der Waals surface area contributed by atoms with Crippen molar-refractivity contribution in [2.75, 3.05) is 19.2 Å². The van der Waals surface area contributed by atoms with Gasteiger partial charge in [0.15, 0.2) is 0 Å². The van der Waals surface area contributed by atoms with Gasteiger partial charge in [-0.3, -0.25) is 5.32 Å². The van der Waals surface area contributed by atoms with Gasteiger partial charge in [-0.15, -0.1) is 0 Å². The van der Waals surface area contributed by atoms with E-state index in [1.165, 1.54) is 0 Å². The summed E-state index contributed by atoms with van der Waals surface area (Å²) >= 11 is 5.27. The van der Waals surface area contributed by atoms with Crippen molar-refractivity contribution in [2.24, 2.45) is 0 Å². The van der Waals surface area contributed by atoms with E-state index in [1.54, 1.807) is 6.20 Å². The van der Waals surface area contributed by atoms with Crippen molar-refractivity contribution in [1.82, 2.24) is 10.3 Å². The Hall–Kier alpha value is -0.360. The Kier molecular flexibility index (Phi) is 5.86. The van der Waals surface area contributed by atoms with Gasteiger partial charge < -0.3 is 4.74 Å². The van der Waals surface area contributed by atoms with E-state index in [4.69, 9.17) is 15.9 Å². The molecule has 0 saturated carbocycles. The van der Waals surface area contributed by atoms with Gasteiger partial charge in [0.25, 0.3) is 0 Å². The zero-order valence-corrected chi connectivity index (χ0v) is 9.74. The fourth-order valence-electron chi connectivity index (χ4n) is 0.834. The Morgan fingerprint density at radius 3 is 3.07 bits per heavy atom. The summed E-state index contributed by atoms with van der Waals surface area (Å²) < 4.78 is 5.35. The summed E-state index contributed by atoms with van der Waals surface area (Å²) in [6, 6.07) is 5.77. The zero-order chi connectivity index (χ0) is 10.2. The molecule has 1 atom stereocenters. The highest BCUT2D eigenvalue weighted by molar-refractivity contribution is 8.28. The van der Waals surface area contributed by atoms with Crippen LogP contribution in [0.4, 0.5) is 0 Å². The monoisotopic (exact) mass is 230 g/mol. The molecule has 0 fully saturated rings. The van der Waals surface area contributed by atoms with E-state index in [-0.39, 0.29) is 9.45 Å². The highest BCUT2D eigenvalue weighted by atomic mass is 32.8. The Balaban J connectivity index is 2.29. The molecular formula is C9H14N2OS2. The van der Waals surface area contributed by atoms with Crippen LogP contribution in [0.15, 0.2) is 29.4 Å². The molecule has 3 nitrogen and oxygen atoms in total. The molecule has 1 N–H and O–H groups in total. The molecule has 0 aliphatic rings. The molecule has 0 spiro atoms. The van der Waals surface area contributed by atoms with Crippen LogP contribution in [0, 0.1) is 0 Å². The fourth-order valence-corrected chi connectivity index (χ4v) is 2.10. The maximum Gasteiger partial charge on any atom is 0.104 e. The van der Waals surface area contributed by atoms with Crippen LogP contribution in [0.25, 0.3) is 0 Å². The average Bonchev–Trinajstić information content (AvgIpc) is 2.25. The average molecular weight is 230 g/mol. The van der Waals surface area contributed by atoms with E-state index >= 15 is 0 Å². The standard InChI is InChI=1S/C9H14N2OS2/c1-2-10-7-12-8-14(13)9-5-3-4-6-11-9/h3-6,10H,2,7-8H2,1H3. The van der Waals surface area contributed by atoms with E-state index in [1.807, 2.05) is 25.1 Å². The summed E-state index contributed by atoms with van der Waals surface area (Å²) in [4.78, 5) is 4.19. The van der Waals surface area contributed by atoms with E-state index in [9.17, 15) is 0 Å². The number of nitrogens with zero attached hydrogens (tertiary/aromatic N) is 1. The highest BCUT2D eigenvalue weighted by Gasteiger charge is 1.98. The summed E-state index contributed by atoms with van der Waals surface area (Å²) in [5.41, 5.74) is 0. The number of aromatic nitrogens is 1. The highest BCUT2D eigenvalue weighted by Crippen LogP contribution is 2.01. The van der Waals surface area contributed by atoms with Gasteiger partial charge in [-0.05, 0) is 39.3 Å². The zero-order valence-electron chi connectivity index (χ0n) is 8.10. The van der Waals surface area contributed by atoms with Crippen LogP contribution in [-0.2, 0) is 25.4 Å².